The van der Waals surface area contributed by atoms with E-state index in [9.17, 15) is 25.6 Å². The summed E-state index contributed by atoms with van der Waals surface area (Å²) in [5.74, 6) is 0. The molecular formula is H2NO8S3-. The third-order valence-corrected chi connectivity index (χ3v) is 2.85. The average molecular weight is 240 g/mol. The molecule has 0 aromatic rings. The zero-order chi connectivity index (χ0) is 9.99. The van der Waals surface area contributed by atoms with Gasteiger partial charge in [0.05, 0.1) is 0 Å². The Hall–Kier alpha value is -0.110. The normalized spacial score (nSPS) is 15.8. The van der Waals surface area contributed by atoms with Gasteiger partial charge >= 0.3 is 20.7 Å². The lowest BCUT2D eigenvalue weighted by Gasteiger charge is -2.03. The molecule has 0 heterocycles. The molecule has 0 aliphatic carbocycles. The van der Waals surface area contributed by atoms with E-state index in [4.69, 9.17) is 0 Å². The standard InChI is InChI=1S/H3NO8S3/c1-11(4,5)9-12(6,7)8-10(2)3/h(H,2,3)(H2,1,4,5)/p-1. The molecule has 2 N–H and O–H groups in total. The molecule has 1 atom stereocenters. The highest BCUT2D eigenvalue weighted by molar-refractivity contribution is 8.00. The van der Waals surface area contributed by atoms with Gasteiger partial charge in [-0.3, -0.25) is 0 Å². The second kappa shape index (κ2) is 3.73. The Labute approximate surface area is 70.5 Å². The van der Waals surface area contributed by atoms with E-state index in [0.717, 1.165) is 0 Å². The molecule has 0 rings (SSSR count). The van der Waals surface area contributed by atoms with Crippen LogP contribution in [-0.4, -0.2) is 25.6 Å². The Morgan fingerprint density at radius 1 is 1.25 bits per heavy atom. The van der Waals surface area contributed by atoms with Gasteiger partial charge in [0.15, 0.2) is 0 Å². The molecule has 9 nitrogen and oxygen atoms in total. The maximum Gasteiger partial charge on any atom is 0.427 e. The van der Waals surface area contributed by atoms with Crippen LogP contribution in [0.2, 0.25) is 0 Å². The zero-order valence-electron chi connectivity index (χ0n) is 5.07. The fourth-order valence-electron chi connectivity index (χ4n) is 0.196. The van der Waals surface area contributed by atoms with E-state index in [1.54, 1.807) is 0 Å². The fourth-order valence-corrected chi connectivity index (χ4v) is 1.96. The van der Waals surface area contributed by atoms with Gasteiger partial charge in [0.25, 0.3) is 0 Å². The highest BCUT2D eigenvalue weighted by Crippen LogP contribution is 2.00. The molecule has 12 heteroatoms. The van der Waals surface area contributed by atoms with Crippen molar-refractivity contribution in [3.63, 3.8) is 0 Å². The third-order valence-electron chi connectivity index (χ3n) is 0.317. The first kappa shape index (κ1) is 11.9. The van der Waals surface area contributed by atoms with Gasteiger partial charge in [-0.1, -0.05) is 0 Å². The molecule has 0 aromatic heterocycles. The summed E-state index contributed by atoms with van der Waals surface area (Å²) in [4.78, 5) is 0. The molecule has 0 radical (unpaired) electrons. The Bertz CT molecular complexity index is 357. The summed E-state index contributed by atoms with van der Waals surface area (Å²) in [6.07, 6.45) is 0. The van der Waals surface area contributed by atoms with Gasteiger partial charge in [0, 0.05) is 0 Å². The number of rotatable bonds is 4. The van der Waals surface area contributed by atoms with Crippen LogP contribution in [0.15, 0.2) is 0 Å². The van der Waals surface area contributed by atoms with Crippen molar-refractivity contribution in [2.45, 2.75) is 0 Å². The molecule has 0 fully saturated rings. The SMILES string of the molecule is NS(=O)(=O)OS(=O)(=O)OS(=O)[O-]. The zero-order valence-corrected chi connectivity index (χ0v) is 7.52. The quantitative estimate of drug-likeness (QED) is 0.519. The predicted octanol–water partition coefficient (Wildman–Crippen LogP) is -2.74. The molecule has 12 heavy (non-hydrogen) atoms. The first-order valence-electron chi connectivity index (χ1n) is 1.90. The highest BCUT2D eigenvalue weighted by Gasteiger charge is 2.20. The topological polar surface area (TPSA) is 153 Å². The van der Waals surface area contributed by atoms with Gasteiger partial charge < -0.3 is 4.55 Å². The second-order valence-electron chi connectivity index (χ2n) is 1.24. The van der Waals surface area contributed by atoms with Gasteiger partial charge in [-0.15, -0.1) is 3.63 Å². The van der Waals surface area contributed by atoms with Crippen LogP contribution in [-0.2, 0) is 39.3 Å². The summed E-state index contributed by atoms with van der Waals surface area (Å²) < 4.78 is 65.4. The van der Waals surface area contributed by atoms with Crippen LogP contribution >= 0.6 is 0 Å². The Kier molecular flexibility index (Phi) is 3.70. The van der Waals surface area contributed by atoms with Crippen molar-refractivity contribution >= 4 is 32.1 Å². The molecule has 0 spiro atoms. The minimum Gasteiger partial charge on any atom is -0.749 e. The molecule has 0 bridgehead atoms. The first-order valence-corrected chi connectivity index (χ1v) is 5.71. The molecule has 74 valence electrons. The summed E-state index contributed by atoms with van der Waals surface area (Å²) in [7, 11) is -9.98. The van der Waals surface area contributed by atoms with Crippen molar-refractivity contribution < 1.29 is 32.9 Å². The van der Waals surface area contributed by atoms with Crippen molar-refractivity contribution in [3.05, 3.63) is 0 Å². The van der Waals surface area contributed by atoms with E-state index < -0.39 is 32.1 Å². The molecule has 0 aliphatic rings. The van der Waals surface area contributed by atoms with Gasteiger partial charge in [-0.25, -0.2) is 9.35 Å². The largest absolute Gasteiger partial charge is 0.749 e. The average Bonchev–Trinajstić information content (AvgIpc) is 1.48. The summed E-state index contributed by atoms with van der Waals surface area (Å²) in [6.45, 7) is 0. The maximum atomic E-state index is 10.2. The van der Waals surface area contributed by atoms with Crippen LogP contribution in [0.4, 0.5) is 0 Å². The Morgan fingerprint density at radius 2 is 1.67 bits per heavy atom. The Balaban J connectivity index is 4.58. The van der Waals surface area contributed by atoms with Crippen LogP contribution in [0.1, 0.15) is 0 Å². The van der Waals surface area contributed by atoms with Gasteiger partial charge in [0.2, 0.25) is 0 Å². The van der Waals surface area contributed by atoms with Gasteiger partial charge in [0.1, 0.15) is 11.4 Å². The van der Waals surface area contributed by atoms with E-state index in [0.29, 0.717) is 0 Å². The lowest BCUT2D eigenvalue weighted by atomic mass is 13.9. The van der Waals surface area contributed by atoms with Crippen LogP contribution in [0.3, 0.4) is 0 Å². The number of hydrogen-bond acceptors (Lipinski definition) is 8. The second-order valence-corrected chi connectivity index (χ2v) is 4.54. The highest BCUT2D eigenvalue weighted by atomic mass is 32.3. The summed E-state index contributed by atoms with van der Waals surface area (Å²) in [5, 5.41) is 4.09. The van der Waals surface area contributed by atoms with E-state index in [2.05, 4.69) is 12.4 Å². The molecule has 0 aromatic carbocycles. The maximum absolute atomic E-state index is 10.2. The molecule has 1 unspecified atom stereocenters. The van der Waals surface area contributed by atoms with Crippen molar-refractivity contribution in [1.82, 2.24) is 0 Å². The van der Waals surface area contributed by atoms with Crippen LogP contribution in [0.5, 0.6) is 0 Å². The van der Waals surface area contributed by atoms with Crippen LogP contribution in [0.25, 0.3) is 0 Å². The summed E-state index contributed by atoms with van der Waals surface area (Å²) in [6, 6.07) is 0. The third kappa shape index (κ3) is 6.59. The minimum atomic E-state index is -5.16. The monoisotopic (exact) mass is 240 g/mol. The van der Waals surface area contributed by atoms with E-state index in [1.165, 1.54) is 0 Å². The summed E-state index contributed by atoms with van der Waals surface area (Å²) >= 11 is -3.45. The lowest BCUT2D eigenvalue weighted by Crippen LogP contribution is -2.22. The van der Waals surface area contributed by atoms with Crippen molar-refractivity contribution in [3.8, 4) is 0 Å². The molecule has 0 amide bonds. The number of hydrogen-bond donors (Lipinski definition) is 1. The lowest BCUT2D eigenvalue weighted by molar-refractivity contribution is 0.374. The first-order chi connectivity index (χ1) is 5.12. The van der Waals surface area contributed by atoms with Gasteiger partial charge in [-0.2, -0.15) is 20.5 Å². The fraction of sp³-hybridized carbons (Fsp3) is 0. The van der Waals surface area contributed by atoms with E-state index >= 15 is 0 Å². The van der Waals surface area contributed by atoms with Crippen LogP contribution in [0, 0.1) is 0 Å². The molecule has 0 saturated heterocycles. The van der Waals surface area contributed by atoms with Crippen molar-refractivity contribution in [2.75, 3.05) is 0 Å². The molecule has 0 aliphatic heterocycles. The van der Waals surface area contributed by atoms with Gasteiger partial charge in [-0.05, 0) is 0 Å². The smallest absolute Gasteiger partial charge is 0.427 e. The Morgan fingerprint density at radius 3 is 1.92 bits per heavy atom. The molecule has 0 saturated carbocycles. The van der Waals surface area contributed by atoms with Crippen molar-refractivity contribution in [1.29, 1.82) is 0 Å². The number of nitrogens with two attached hydrogens (primary N) is 1. The van der Waals surface area contributed by atoms with Crippen molar-refractivity contribution in [2.24, 2.45) is 5.14 Å². The molecular weight excluding hydrogens is 238 g/mol. The summed E-state index contributed by atoms with van der Waals surface area (Å²) in [5.41, 5.74) is 0. The predicted molar refractivity (Wildman–Crippen MR) is 33.1 cm³/mol. The van der Waals surface area contributed by atoms with E-state index in [-0.39, 0.29) is 0 Å². The van der Waals surface area contributed by atoms with E-state index in [1.807, 2.05) is 0 Å². The minimum absolute atomic E-state index is 3.02. The van der Waals surface area contributed by atoms with Crippen LogP contribution < -0.4 is 5.14 Å².